The van der Waals surface area contributed by atoms with Gasteiger partial charge in [0.05, 0.1) is 36.1 Å². The molecule has 1 aliphatic rings. The van der Waals surface area contributed by atoms with E-state index in [1.165, 1.54) is 0 Å². The largest absolute Gasteiger partial charge is 0.445 e. The topological polar surface area (TPSA) is 73.7 Å². The molecule has 1 saturated heterocycles. The minimum Gasteiger partial charge on any atom is -0.445 e. The van der Waals surface area contributed by atoms with Gasteiger partial charge in [0.2, 0.25) is 0 Å². The molecule has 2 aromatic carbocycles. The fourth-order valence-electron chi connectivity index (χ4n) is 5.81. The second kappa shape index (κ2) is 12.2. The van der Waals surface area contributed by atoms with Crippen LogP contribution in [0.25, 0.3) is 11.0 Å². The number of nitrogens with zero attached hydrogens (tertiary/aromatic N) is 3. The van der Waals surface area contributed by atoms with Crippen molar-refractivity contribution >= 4 is 42.8 Å². The van der Waals surface area contributed by atoms with Crippen molar-refractivity contribution in [3.8, 4) is 0 Å². The molecule has 0 N–H and O–H groups in total. The summed E-state index contributed by atoms with van der Waals surface area (Å²) in [5.74, 6) is 0.0147. The van der Waals surface area contributed by atoms with E-state index in [9.17, 15) is 9.59 Å². The summed E-state index contributed by atoms with van der Waals surface area (Å²) in [4.78, 5) is 32.9. The molecule has 2 heterocycles. The predicted octanol–water partition coefficient (Wildman–Crippen LogP) is 7.09. The van der Waals surface area contributed by atoms with Crippen LogP contribution in [0, 0.1) is 5.41 Å². The highest BCUT2D eigenvalue weighted by molar-refractivity contribution is 6.71. The summed E-state index contributed by atoms with van der Waals surface area (Å²) in [6, 6.07) is 15.7. The van der Waals surface area contributed by atoms with Crippen molar-refractivity contribution in [2.24, 2.45) is 5.41 Å². The molecule has 1 fully saturated rings. The fraction of sp³-hybridized carbons (Fsp3) is 0.500. The number of carbonyl (C=O) groups is 2. The number of Topliss-reactive ketones (excluding diaryl/α,β-unsaturated/α-hetero) is 1. The van der Waals surface area contributed by atoms with E-state index in [-0.39, 0.29) is 42.9 Å². The highest BCUT2D eigenvalue weighted by Gasteiger charge is 2.41. The Balaban J connectivity index is 1.52. The van der Waals surface area contributed by atoms with Gasteiger partial charge in [-0.25, -0.2) is 9.78 Å². The number of hydrogen-bond acceptors (Lipinski definition) is 5. The number of halogens is 1. The average Bonchev–Trinajstić information content (AvgIpc) is 3.23. The van der Waals surface area contributed by atoms with Gasteiger partial charge in [0.25, 0.3) is 0 Å². The van der Waals surface area contributed by atoms with Crippen molar-refractivity contribution in [3.63, 3.8) is 0 Å². The van der Waals surface area contributed by atoms with Gasteiger partial charge < -0.3 is 18.6 Å². The summed E-state index contributed by atoms with van der Waals surface area (Å²) in [5, 5.41) is 0.605. The van der Waals surface area contributed by atoms with E-state index in [0.717, 1.165) is 35.5 Å². The molecule has 0 unspecified atom stereocenters. The van der Waals surface area contributed by atoms with E-state index in [0.29, 0.717) is 11.6 Å². The fourth-order valence-corrected chi connectivity index (χ4v) is 9.71. The number of carbonyl (C=O) groups excluding carboxylic acids is 2. The summed E-state index contributed by atoms with van der Waals surface area (Å²) in [6.07, 6.45) is 2.87. The van der Waals surface area contributed by atoms with Crippen LogP contribution in [0.1, 0.15) is 45.6 Å². The van der Waals surface area contributed by atoms with Gasteiger partial charge in [-0.2, -0.15) is 0 Å². The van der Waals surface area contributed by atoms with E-state index in [4.69, 9.17) is 20.8 Å². The smallest absolute Gasteiger partial charge is 0.410 e. The standard InChI is InChI=1S/C30H40ClN3O4Si/c1-30(2,3)20-39(4,5)38-28-12-9-15-34(29(36)37-19-22-10-7-6-8-11-22)27(28)17-24(35)18-33-21-32-25-16-23(31)13-14-26(25)33/h6-8,10-11,13-14,16,21,27-28H,9,12,15,17-20H2,1-5H3/t27-,28+/m1/s1. The van der Waals surface area contributed by atoms with Gasteiger partial charge in [0.15, 0.2) is 14.1 Å². The maximum atomic E-state index is 13.5. The zero-order valence-corrected chi connectivity index (χ0v) is 25.4. The van der Waals surface area contributed by atoms with Crippen molar-refractivity contribution in [1.82, 2.24) is 14.5 Å². The first-order valence-electron chi connectivity index (χ1n) is 13.7. The van der Waals surface area contributed by atoms with Crippen LogP contribution < -0.4 is 0 Å². The van der Waals surface area contributed by atoms with Gasteiger partial charge in [0, 0.05) is 18.0 Å². The van der Waals surface area contributed by atoms with Crippen LogP contribution in [0.3, 0.4) is 0 Å². The molecule has 1 amide bonds. The molecule has 1 aromatic heterocycles. The van der Waals surface area contributed by atoms with Gasteiger partial charge in [-0.15, -0.1) is 0 Å². The summed E-state index contributed by atoms with van der Waals surface area (Å²) in [5.41, 5.74) is 2.65. The van der Waals surface area contributed by atoms with Crippen molar-refractivity contribution < 1.29 is 18.8 Å². The van der Waals surface area contributed by atoms with Crippen molar-refractivity contribution in [3.05, 3.63) is 65.4 Å². The van der Waals surface area contributed by atoms with Gasteiger partial charge in [0.1, 0.15) is 6.61 Å². The number of likely N-dealkylation sites (tertiary alicyclic amines) is 1. The Morgan fingerprint density at radius 2 is 1.87 bits per heavy atom. The van der Waals surface area contributed by atoms with Crippen LogP contribution in [0.5, 0.6) is 0 Å². The van der Waals surface area contributed by atoms with E-state index in [1.54, 1.807) is 23.4 Å². The SMILES string of the molecule is CC(C)(C)C[Si](C)(C)O[C@H]1CCCN(C(=O)OCc2ccccc2)[C@@H]1CC(=O)Cn1cnc2cc(Cl)ccc21. The number of aromatic nitrogens is 2. The first kappa shape index (κ1) is 29.3. The van der Waals surface area contributed by atoms with Gasteiger partial charge in [-0.05, 0) is 61.2 Å². The number of fused-ring (bicyclic) bond motifs is 1. The third kappa shape index (κ3) is 8.16. The van der Waals surface area contributed by atoms with Crippen molar-refractivity contribution in [2.75, 3.05) is 6.54 Å². The van der Waals surface area contributed by atoms with Gasteiger partial charge in [-0.3, -0.25) is 4.79 Å². The minimum absolute atomic E-state index is 0.0147. The molecular formula is C30H40ClN3O4Si. The summed E-state index contributed by atoms with van der Waals surface area (Å²) in [7, 11) is -2.08. The highest BCUT2D eigenvalue weighted by Crippen LogP contribution is 2.33. The highest BCUT2D eigenvalue weighted by atomic mass is 35.5. The number of piperidine rings is 1. The number of amides is 1. The van der Waals surface area contributed by atoms with Crippen molar-refractivity contribution in [2.45, 2.75) is 84.5 Å². The maximum Gasteiger partial charge on any atom is 0.410 e. The molecular weight excluding hydrogens is 530 g/mol. The molecule has 0 aliphatic carbocycles. The number of imidazole rings is 1. The van der Waals surface area contributed by atoms with Gasteiger partial charge in [-0.1, -0.05) is 62.7 Å². The summed E-state index contributed by atoms with van der Waals surface area (Å²) < 4.78 is 14.4. The summed E-state index contributed by atoms with van der Waals surface area (Å²) in [6.45, 7) is 12.0. The number of hydrogen-bond donors (Lipinski definition) is 0. The Bertz CT molecular complexity index is 1290. The molecule has 3 aromatic rings. The van der Waals surface area contributed by atoms with Crippen LogP contribution >= 0.6 is 11.6 Å². The van der Waals surface area contributed by atoms with Crippen LogP contribution in [0.2, 0.25) is 24.2 Å². The van der Waals surface area contributed by atoms with Crippen LogP contribution in [-0.2, 0) is 27.1 Å². The second-order valence-corrected chi connectivity index (χ2v) is 16.9. The second-order valence-electron chi connectivity index (χ2n) is 12.3. The van der Waals surface area contributed by atoms with E-state index < -0.39 is 14.4 Å². The zero-order valence-electron chi connectivity index (χ0n) is 23.7. The molecule has 1 aliphatic heterocycles. The lowest BCUT2D eigenvalue weighted by Gasteiger charge is -2.44. The van der Waals surface area contributed by atoms with Crippen LogP contribution in [0.4, 0.5) is 4.79 Å². The first-order chi connectivity index (χ1) is 18.4. The monoisotopic (exact) mass is 569 g/mol. The molecule has 7 nitrogen and oxygen atoms in total. The average molecular weight is 570 g/mol. The third-order valence-electron chi connectivity index (χ3n) is 6.95. The molecule has 210 valence electrons. The summed E-state index contributed by atoms with van der Waals surface area (Å²) >= 11 is 6.11. The number of ether oxygens (including phenoxy) is 1. The normalized spacial score (nSPS) is 18.4. The van der Waals surface area contributed by atoms with Crippen molar-refractivity contribution in [1.29, 1.82) is 0 Å². The Morgan fingerprint density at radius 3 is 2.59 bits per heavy atom. The molecule has 0 bridgehead atoms. The van der Waals surface area contributed by atoms with E-state index in [1.807, 2.05) is 41.0 Å². The van der Waals surface area contributed by atoms with E-state index in [2.05, 4.69) is 38.8 Å². The Labute approximate surface area is 237 Å². The lowest BCUT2D eigenvalue weighted by Crippen LogP contribution is -2.55. The minimum atomic E-state index is -2.08. The lowest BCUT2D eigenvalue weighted by atomic mass is 9.95. The molecule has 39 heavy (non-hydrogen) atoms. The maximum absolute atomic E-state index is 13.5. The molecule has 0 spiro atoms. The first-order valence-corrected chi connectivity index (χ1v) is 17.2. The van der Waals surface area contributed by atoms with E-state index >= 15 is 0 Å². The zero-order chi connectivity index (χ0) is 28.2. The Kier molecular flexibility index (Phi) is 9.19. The number of ketones is 1. The Morgan fingerprint density at radius 1 is 1.13 bits per heavy atom. The van der Waals surface area contributed by atoms with Crippen LogP contribution in [0.15, 0.2) is 54.9 Å². The molecule has 0 radical (unpaired) electrons. The predicted molar refractivity (Wildman–Crippen MR) is 157 cm³/mol. The lowest BCUT2D eigenvalue weighted by molar-refractivity contribution is -0.122. The molecule has 9 heteroatoms. The molecule has 0 saturated carbocycles. The quantitative estimate of drug-likeness (QED) is 0.257. The number of rotatable bonds is 9. The molecule has 4 rings (SSSR count). The van der Waals surface area contributed by atoms with Crippen LogP contribution in [-0.4, -0.2) is 53.3 Å². The Hall–Kier alpha value is -2.68. The van der Waals surface area contributed by atoms with Gasteiger partial charge >= 0.3 is 6.09 Å². The molecule has 2 atom stereocenters. The third-order valence-corrected chi connectivity index (χ3v) is 10.0. The number of benzene rings is 2.